The van der Waals surface area contributed by atoms with Gasteiger partial charge in [0, 0.05) is 18.9 Å². The fraction of sp³-hybridized carbons (Fsp3) is 0.722. The summed E-state index contributed by atoms with van der Waals surface area (Å²) in [5, 5.41) is 14.9. The van der Waals surface area contributed by atoms with Crippen LogP contribution in [0, 0.1) is 0 Å². The molecule has 3 atom stereocenters. The lowest BCUT2D eigenvalue weighted by Crippen LogP contribution is -2.36. The lowest BCUT2D eigenvalue weighted by molar-refractivity contribution is -0.143. The maximum absolute atomic E-state index is 13.5. The van der Waals surface area contributed by atoms with Crippen LogP contribution in [0.5, 0.6) is 0 Å². The van der Waals surface area contributed by atoms with Crippen molar-refractivity contribution in [1.29, 1.82) is 0 Å². The summed E-state index contributed by atoms with van der Waals surface area (Å²) in [6.07, 6.45) is -2.49. The quantitative estimate of drug-likeness (QED) is 0.599. The Morgan fingerprint density at radius 1 is 1.21 bits per heavy atom. The van der Waals surface area contributed by atoms with E-state index in [4.69, 9.17) is 0 Å². The van der Waals surface area contributed by atoms with Gasteiger partial charge in [-0.05, 0) is 43.8 Å². The van der Waals surface area contributed by atoms with Crippen molar-refractivity contribution >= 4 is 17.5 Å². The Labute approximate surface area is 165 Å². The Bertz CT molecular complexity index is 755. The van der Waals surface area contributed by atoms with Crippen molar-refractivity contribution in [3.05, 3.63) is 11.9 Å². The average Bonchev–Trinajstić information content (AvgIpc) is 2.97. The first-order valence-corrected chi connectivity index (χ1v) is 9.68. The maximum atomic E-state index is 13.5. The van der Waals surface area contributed by atoms with Gasteiger partial charge in [0.05, 0.1) is 6.10 Å². The summed E-state index contributed by atoms with van der Waals surface area (Å²) >= 11 is 0. The lowest BCUT2D eigenvalue weighted by atomic mass is 9.97. The van der Waals surface area contributed by atoms with Crippen LogP contribution in [0.15, 0.2) is 6.08 Å². The van der Waals surface area contributed by atoms with Crippen LogP contribution in [0.1, 0.15) is 57.7 Å². The van der Waals surface area contributed by atoms with Gasteiger partial charge in [0.2, 0.25) is 17.8 Å². The third-order valence-electron chi connectivity index (χ3n) is 5.11. The molecule has 3 rings (SSSR count). The zero-order chi connectivity index (χ0) is 21.2. The van der Waals surface area contributed by atoms with Gasteiger partial charge in [-0.1, -0.05) is 6.92 Å². The highest BCUT2D eigenvalue weighted by Gasteiger charge is 2.40. The van der Waals surface area contributed by atoms with Gasteiger partial charge in [-0.3, -0.25) is 0 Å². The van der Waals surface area contributed by atoms with Crippen LogP contribution in [0.4, 0.5) is 33.8 Å². The lowest BCUT2D eigenvalue weighted by Gasteiger charge is -2.22. The highest BCUT2D eigenvalue weighted by molar-refractivity contribution is 5.63. The molecule has 0 saturated heterocycles. The van der Waals surface area contributed by atoms with E-state index in [0.717, 1.165) is 0 Å². The maximum Gasteiger partial charge on any atom is 0.408 e. The van der Waals surface area contributed by atoms with Gasteiger partial charge < -0.3 is 15.7 Å². The normalized spacial score (nSPS) is 25.4. The molecule has 29 heavy (non-hydrogen) atoms. The second-order valence-electron chi connectivity index (χ2n) is 7.54. The molecule has 0 aromatic carbocycles. The predicted octanol–water partition coefficient (Wildman–Crippen LogP) is 4.15. The highest BCUT2D eigenvalue weighted by Crippen LogP contribution is 2.36. The number of alkyl halides is 5. The molecule has 1 aromatic rings. The van der Waals surface area contributed by atoms with Crippen molar-refractivity contribution in [1.82, 2.24) is 15.0 Å². The fourth-order valence-electron chi connectivity index (χ4n) is 3.56. The summed E-state index contributed by atoms with van der Waals surface area (Å²) in [6.45, 7) is 1.38. The molecule has 2 aliphatic carbocycles. The molecule has 3 N–H and O–H groups in total. The molecule has 2 aliphatic rings. The van der Waals surface area contributed by atoms with E-state index in [9.17, 15) is 27.1 Å². The first kappa shape index (κ1) is 21.7. The van der Waals surface area contributed by atoms with Crippen LogP contribution in [0.3, 0.4) is 0 Å². The molecule has 1 fully saturated rings. The van der Waals surface area contributed by atoms with E-state index in [1.54, 1.807) is 6.08 Å². The molecule has 1 aromatic heterocycles. The van der Waals surface area contributed by atoms with Crippen LogP contribution in [-0.4, -0.2) is 50.3 Å². The first-order chi connectivity index (χ1) is 13.6. The summed E-state index contributed by atoms with van der Waals surface area (Å²) in [7, 11) is 0. The number of allylic oxidation sites excluding steroid dienone is 1. The van der Waals surface area contributed by atoms with Gasteiger partial charge in [-0.2, -0.15) is 28.1 Å². The van der Waals surface area contributed by atoms with Crippen LogP contribution in [-0.2, 0) is 0 Å². The zero-order valence-electron chi connectivity index (χ0n) is 15.9. The van der Waals surface area contributed by atoms with Crippen molar-refractivity contribution in [2.45, 2.75) is 82.2 Å². The van der Waals surface area contributed by atoms with E-state index >= 15 is 0 Å². The number of aliphatic hydroxyl groups is 1. The summed E-state index contributed by atoms with van der Waals surface area (Å²) in [5.74, 6) is -3.00. The largest absolute Gasteiger partial charge is 0.408 e. The SMILES string of the molecule is CC[C@@H](Nc1nc(NC2CCC(F)(F)C2)nc(C2=CC(O)CCC2)n1)C(F)(F)F. The minimum Gasteiger partial charge on any atom is -0.389 e. The topological polar surface area (TPSA) is 83.0 Å². The molecule has 2 unspecified atom stereocenters. The molecule has 1 saturated carbocycles. The number of aromatic nitrogens is 3. The van der Waals surface area contributed by atoms with Crippen LogP contribution in [0.25, 0.3) is 5.57 Å². The zero-order valence-corrected chi connectivity index (χ0v) is 15.9. The molecular formula is C18H24F5N5O. The van der Waals surface area contributed by atoms with E-state index in [1.165, 1.54) is 6.92 Å². The Balaban J connectivity index is 1.89. The molecule has 0 radical (unpaired) electrons. The van der Waals surface area contributed by atoms with E-state index in [-0.39, 0.29) is 37.0 Å². The Morgan fingerprint density at radius 3 is 2.52 bits per heavy atom. The van der Waals surface area contributed by atoms with Crippen LogP contribution < -0.4 is 10.6 Å². The summed E-state index contributed by atoms with van der Waals surface area (Å²) in [6, 6.07) is -2.43. The van der Waals surface area contributed by atoms with Crippen molar-refractivity contribution in [3.63, 3.8) is 0 Å². The minimum atomic E-state index is -4.50. The molecule has 162 valence electrons. The second kappa shape index (κ2) is 8.37. The molecule has 0 bridgehead atoms. The molecule has 0 spiro atoms. The van der Waals surface area contributed by atoms with Gasteiger partial charge in [-0.15, -0.1) is 0 Å². The molecule has 11 heteroatoms. The molecule has 0 aliphatic heterocycles. The monoisotopic (exact) mass is 421 g/mol. The third kappa shape index (κ3) is 5.74. The molecular weight excluding hydrogens is 397 g/mol. The van der Waals surface area contributed by atoms with Crippen molar-refractivity contribution in [3.8, 4) is 0 Å². The Kier molecular flexibility index (Phi) is 6.25. The van der Waals surface area contributed by atoms with Crippen molar-refractivity contribution in [2.75, 3.05) is 10.6 Å². The van der Waals surface area contributed by atoms with Crippen molar-refractivity contribution < 1.29 is 27.1 Å². The number of nitrogens with zero attached hydrogens (tertiary/aromatic N) is 3. The standard InChI is InChI=1S/C18H24F5N5O/c1-2-13(18(21,22)23)25-16-27-14(10-4-3-5-12(29)8-10)26-15(28-16)24-11-6-7-17(19,20)9-11/h8,11-13,29H,2-7,9H2,1H3,(H2,24,25,26,27,28)/t11?,12?,13-/m1/s1. The van der Waals surface area contributed by atoms with E-state index in [0.29, 0.717) is 24.8 Å². The highest BCUT2D eigenvalue weighted by atomic mass is 19.4. The van der Waals surface area contributed by atoms with Crippen LogP contribution in [0.2, 0.25) is 0 Å². The van der Waals surface area contributed by atoms with Crippen LogP contribution >= 0.6 is 0 Å². The van der Waals surface area contributed by atoms with Gasteiger partial charge in [0.25, 0.3) is 0 Å². The first-order valence-electron chi connectivity index (χ1n) is 9.68. The summed E-state index contributed by atoms with van der Waals surface area (Å²) in [5.41, 5.74) is 0.592. The van der Waals surface area contributed by atoms with Gasteiger partial charge in [-0.25, -0.2) is 8.78 Å². The van der Waals surface area contributed by atoms with Gasteiger partial charge in [0.15, 0.2) is 5.82 Å². The van der Waals surface area contributed by atoms with Gasteiger partial charge >= 0.3 is 6.18 Å². The summed E-state index contributed by atoms with van der Waals surface area (Å²) in [4.78, 5) is 12.3. The number of hydrogen-bond donors (Lipinski definition) is 3. The average molecular weight is 421 g/mol. The predicted molar refractivity (Wildman–Crippen MR) is 97.6 cm³/mol. The van der Waals surface area contributed by atoms with E-state index in [2.05, 4.69) is 25.6 Å². The summed E-state index contributed by atoms with van der Waals surface area (Å²) < 4.78 is 66.4. The number of nitrogens with one attached hydrogen (secondary N) is 2. The number of halogens is 5. The minimum absolute atomic E-state index is 0.0572. The van der Waals surface area contributed by atoms with E-state index < -0.39 is 36.7 Å². The smallest absolute Gasteiger partial charge is 0.389 e. The third-order valence-corrected chi connectivity index (χ3v) is 5.11. The Morgan fingerprint density at radius 2 is 1.93 bits per heavy atom. The molecule has 1 heterocycles. The number of rotatable bonds is 6. The number of hydrogen-bond acceptors (Lipinski definition) is 6. The molecule has 6 nitrogen and oxygen atoms in total. The van der Waals surface area contributed by atoms with E-state index in [1.807, 2.05) is 0 Å². The Hall–Kier alpha value is -2.04. The molecule has 0 amide bonds. The fourth-order valence-corrected chi connectivity index (χ4v) is 3.56. The van der Waals surface area contributed by atoms with Crippen molar-refractivity contribution in [2.24, 2.45) is 0 Å². The van der Waals surface area contributed by atoms with Gasteiger partial charge in [0.1, 0.15) is 6.04 Å². The second-order valence-corrected chi connectivity index (χ2v) is 7.54. The number of aliphatic hydroxyl groups excluding tert-OH is 1. The number of anilines is 2.